The fourth-order valence-electron chi connectivity index (χ4n) is 3.08. The van der Waals surface area contributed by atoms with Crippen LogP contribution in [0.3, 0.4) is 0 Å². The van der Waals surface area contributed by atoms with E-state index in [2.05, 4.69) is 12.2 Å². The summed E-state index contributed by atoms with van der Waals surface area (Å²) in [6.45, 7) is 3.94. The maximum Gasteiger partial charge on any atom is 0.255 e. The Hall–Kier alpha value is -2.44. The van der Waals surface area contributed by atoms with Gasteiger partial charge in [0.15, 0.2) is 0 Å². The third-order valence-electron chi connectivity index (χ3n) is 4.81. The first kappa shape index (κ1) is 20.9. The van der Waals surface area contributed by atoms with Gasteiger partial charge in [-0.25, -0.2) is 4.39 Å². The predicted octanol–water partition coefficient (Wildman–Crippen LogP) is 3.31. The molecule has 1 unspecified atom stereocenters. The molecular weight excluding hydrogens is 369 g/mol. The summed E-state index contributed by atoms with van der Waals surface area (Å²) in [6.07, 6.45) is 0.885. The molecule has 3 rings (SSSR count). The molecule has 0 radical (unpaired) electrons. The van der Waals surface area contributed by atoms with Gasteiger partial charge in [-0.2, -0.15) is 0 Å². The number of nitrogens with one attached hydrogen (secondary N) is 1. The Morgan fingerprint density at radius 2 is 1.89 bits per heavy atom. The van der Waals surface area contributed by atoms with E-state index in [4.69, 9.17) is 5.73 Å². The van der Waals surface area contributed by atoms with E-state index < -0.39 is 5.82 Å². The second-order valence-corrected chi connectivity index (χ2v) is 7.03. The van der Waals surface area contributed by atoms with Gasteiger partial charge in [0.25, 0.3) is 11.8 Å². The van der Waals surface area contributed by atoms with Crippen LogP contribution in [0.2, 0.25) is 0 Å². The molecule has 3 N–H and O–H groups in total. The van der Waals surface area contributed by atoms with Crippen molar-refractivity contribution in [2.24, 2.45) is 11.1 Å². The summed E-state index contributed by atoms with van der Waals surface area (Å²) < 4.78 is 13.0. The van der Waals surface area contributed by atoms with E-state index in [1.807, 2.05) is 0 Å². The Labute approximate surface area is 164 Å². The fourth-order valence-corrected chi connectivity index (χ4v) is 3.08. The van der Waals surface area contributed by atoms with Gasteiger partial charge in [0, 0.05) is 29.9 Å². The van der Waals surface area contributed by atoms with Crippen LogP contribution < -0.4 is 11.1 Å². The van der Waals surface area contributed by atoms with Crippen LogP contribution in [0.15, 0.2) is 48.5 Å². The van der Waals surface area contributed by atoms with Gasteiger partial charge in [-0.05, 0) is 60.8 Å². The number of anilines is 1. The van der Waals surface area contributed by atoms with E-state index in [0.29, 0.717) is 36.4 Å². The van der Waals surface area contributed by atoms with Crippen molar-refractivity contribution >= 4 is 29.9 Å². The number of benzene rings is 2. The quantitative estimate of drug-likeness (QED) is 0.839. The summed E-state index contributed by atoms with van der Waals surface area (Å²) >= 11 is 0. The number of carbonyl (C=O) groups is 2. The van der Waals surface area contributed by atoms with Gasteiger partial charge >= 0.3 is 0 Å². The Bertz CT molecular complexity index is 828. The summed E-state index contributed by atoms with van der Waals surface area (Å²) in [6, 6.07) is 12.1. The Morgan fingerprint density at radius 1 is 1.19 bits per heavy atom. The van der Waals surface area contributed by atoms with Crippen molar-refractivity contribution in [3.63, 3.8) is 0 Å². The highest BCUT2D eigenvalue weighted by molar-refractivity contribution is 6.05. The molecule has 1 aliphatic rings. The number of hydrogen-bond acceptors (Lipinski definition) is 3. The number of likely N-dealkylation sites (tertiary alicyclic amines) is 1. The predicted molar refractivity (Wildman–Crippen MR) is 106 cm³/mol. The van der Waals surface area contributed by atoms with Crippen molar-refractivity contribution in [2.75, 3.05) is 25.0 Å². The molecule has 2 amide bonds. The lowest BCUT2D eigenvalue weighted by molar-refractivity contribution is 0.0776. The number of nitrogens with zero attached hydrogens (tertiary/aromatic N) is 1. The number of rotatable bonds is 4. The standard InChI is InChI=1S/C20H22FN3O2.ClH/c1-20(12-22)9-10-24(13-20)19(26)15-3-2-4-17(11-15)23-18(25)14-5-7-16(21)8-6-14;/h2-8,11H,9-10,12-13,22H2,1H3,(H,23,25);1H. The van der Waals surface area contributed by atoms with Crippen LogP contribution >= 0.6 is 12.4 Å². The number of hydrogen-bond donors (Lipinski definition) is 2. The van der Waals surface area contributed by atoms with E-state index in [0.717, 1.165) is 6.42 Å². The van der Waals surface area contributed by atoms with E-state index >= 15 is 0 Å². The van der Waals surface area contributed by atoms with Crippen molar-refractivity contribution in [1.82, 2.24) is 4.90 Å². The lowest BCUT2D eigenvalue weighted by Gasteiger charge is -2.22. The average Bonchev–Trinajstić information content (AvgIpc) is 3.05. The topological polar surface area (TPSA) is 75.4 Å². The zero-order chi connectivity index (χ0) is 18.7. The molecule has 1 atom stereocenters. The second kappa shape index (κ2) is 8.50. The minimum Gasteiger partial charge on any atom is -0.338 e. The Kier molecular flexibility index (Phi) is 6.57. The summed E-state index contributed by atoms with van der Waals surface area (Å²) in [5, 5.41) is 2.74. The first-order chi connectivity index (χ1) is 12.4. The van der Waals surface area contributed by atoms with Crippen LogP contribution in [-0.4, -0.2) is 36.3 Å². The van der Waals surface area contributed by atoms with Crippen molar-refractivity contribution in [2.45, 2.75) is 13.3 Å². The van der Waals surface area contributed by atoms with Crippen LogP contribution in [0.4, 0.5) is 10.1 Å². The molecule has 0 aliphatic carbocycles. The number of halogens is 2. The maximum atomic E-state index is 13.0. The van der Waals surface area contributed by atoms with Gasteiger partial charge in [0.05, 0.1) is 0 Å². The molecule has 7 heteroatoms. The van der Waals surface area contributed by atoms with E-state index in [-0.39, 0.29) is 29.6 Å². The summed E-state index contributed by atoms with van der Waals surface area (Å²) in [5.74, 6) is -0.823. The van der Waals surface area contributed by atoms with Crippen LogP contribution in [0.25, 0.3) is 0 Å². The normalized spacial score (nSPS) is 18.7. The molecule has 2 aromatic rings. The van der Waals surface area contributed by atoms with E-state index in [1.54, 1.807) is 29.2 Å². The lowest BCUT2D eigenvalue weighted by Crippen LogP contribution is -2.34. The maximum absolute atomic E-state index is 13.0. The van der Waals surface area contributed by atoms with Gasteiger partial charge in [-0.1, -0.05) is 13.0 Å². The highest BCUT2D eigenvalue weighted by atomic mass is 35.5. The summed E-state index contributed by atoms with van der Waals surface area (Å²) in [4.78, 5) is 26.8. The molecule has 2 aromatic carbocycles. The molecule has 1 heterocycles. The van der Waals surface area contributed by atoms with E-state index in [1.165, 1.54) is 24.3 Å². The SMILES string of the molecule is CC1(CN)CCN(C(=O)c2cccc(NC(=O)c3ccc(F)cc3)c2)C1.Cl. The minimum atomic E-state index is -0.399. The van der Waals surface area contributed by atoms with Gasteiger partial charge in [0.1, 0.15) is 5.82 Å². The van der Waals surface area contributed by atoms with Crippen LogP contribution in [0, 0.1) is 11.2 Å². The summed E-state index contributed by atoms with van der Waals surface area (Å²) in [7, 11) is 0. The van der Waals surface area contributed by atoms with Crippen molar-refractivity contribution < 1.29 is 14.0 Å². The van der Waals surface area contributed by atoms with Crippen molar-refractivity contribution in [1.29, 1.82) is 0 Å². The van der Waals surface area contributed by atoms with Gasteiger partial charge in [-0.15, -0.1) is 12.4 Å². The number of nitrogens with two attached hydrogens (primary N) is 1. The second-order valence-electron chi connectivity index (χ2n) is 7.03. The molecule has 0 aromatic heterocycles. The van der Waals surface area contributed by atoms with Gasteiger partial charge in [0.2, 0.25) is 0 Å². The molecule has 0 bridgehead atoms. The largest absolute Gasteiger partial charge is 0.338 e. The van der Waals surface area contributed by atoms with Crippen molar-refractivity contribution in [3.05, 3.63) is 65.5 Å². The summed E-state index contributed by atoms with van der Waals surface area (Å²) in [5.41, 5.74) is 7.15. The highest BCUT2D eigenvalue weighted by Crippen LogP contribution is 2.29. The molecule has 27 heavy (non-hydrogen) atoms. The molecule has 5 nitrogen and oxygen atoms in total. The average molecular weight is 392 g/mol. The van der Waals surface area contributed by atoms with Crippen LogP contribution in [0.5, 0.6) is 0 Å². The molecule has 0 spiro atoms. The molecule has 1 saturated heterocycles. The minimum absolute atomic E-state index is 0. The molecule has 1 aliphatic heterocycles. The third kappa shape index (κ3) is 4.84. The first-order valence-electron chi connectivity index (χ1n) is 8.56. The first-order valence-corrected chi connectivity index (χ1v) is 8.56. The Morgan fingerprint density at radius 3 is 2.52 bits per heavy atom. The van der Waals surface area contributed by atoms with Gasteiger partial charge < -0.3 is 16.0 Å². The smallest absolute Gasteiger partial charge is 0.255 e. The van der Waals surface area contributed by atoms with Gasteiger partial charge in [-0.3, -0.25) is 9.59 Å². The molecule has 1 fully saturated rings. The zero-order valence-corrected chi connectivity index (χ0v) is 15.9. The highest BCUT2D eigenvalue weighted by Gasteiger charge is 2.35. The molecule has 144 valence electrons. The van der Waals surface area contributed by atoms with Crippen molar-refractivity contribution in [3.8, 4) is 0 Å². The van der Waals surface area contributed by atoms with Crippen LogP contribution in [0.1, 0.15) is 34.1 Å². The third-order valence-corrected chi connectivity index (χ3v) is 4.81. The molecular formula is C20H23ClFN3O2. The monoisotopic (exact) mass is 391 g/mol. The Balaban J connectivity index is 0.00000261. The van der Waals surface area contributed by atoms with E-state index in [9.17, 15) is 14.0 Å². The number of amides is 2. The number of carbonyl (C=O) groups excluding carboxylic acids is 2. The fraction of sp³-hybridized carbons (Fsp3) is 0.300. The molecule has 0 saturated carbocycles. The zero-order valence-electron chi connectivity index (χ0n) is 15.1. The lowest BCUT2D eigenvalue weighted by atomic mass is 9.90. The van der Waals surface area contributed by atoms with Crippen LogP contribution in [-0.2, 0) is 0 Å².